The zero-order valence-electron chi connectivity index (χ0n) is 22.0. The summed E-state index contributed by atoms with van der Waals surface area (Å²) >= 11 is 0. The Morgan fingerprint density at radius 1 is 0.610 bits per heavy atom. The van der Waals surface area contributed by atoms with E-state index in [2.05, 4.69) is 0 Å². The number of aryl methyl sites for hydroxylation is 5. The lowest BCUT2D eigenvalue weighted by atomic mass is 10.1. The molecule has 0 saturated carbocycles. The normalized spacial score (nSPS) is 11.6. The van der Waals surface area contributed by atoms with Gasteiger partial charge in [0.15, 0.2) is 0 Å². The van der Waals surface area contributed by atoms with Crippen LogP contribution in [0.4, 0.5) is 30.2 Å². The van der Waals surface area contributed by atoms with Crippen molar-refractivity contribution in [3.63, 3.8) is 0 Å². The molecule has 0 fully saturated rings. The van der Waals surface area contributed by atoms with Crippen LogP contribution in [0.1, 0.15) is 33.4 Å². The first-order chi connectivity index (χ1) is 18.8. The van der Waals surface area contributed by atoms with Gasteiger partial charge in [-0.2, -0.15) is 17.7 Å². The number of halogens is 3. The number of nitro groups is 3. The van der Waals surface area contributed by atoms with Gasteiger partial charge in [-0.3, -0.25) is 30.3 Å². The quantitative estimate of drug-likeness (QED) is 0.135. The number of nitrogens with zero attached hydrogens (tertiary/aromatic N) is 3. The van der Waals surface area contributed by atoms with Gasteiger partial charge < -0.3 is 13.6 Å². The summed E-state index contributed by atoms with van der Waals surface area (Å²) in [6, 6.07) is 5.88. The molecule has 41 heavy (non-hydrogen) atoms. The van der Waals surface area contributed by atoms with Crippen molar-refractivity contribution in [2.24, 2.45) is 0 Å². The number of phosphoric acid groups is 1. The predicted molar refractivity (Wildman–Crippen MR) is 137 cm³/mol. The van der Waals surface area contributed by atoms with Gasteiger partial charge in [0.25, 0.3) is 0 Å². The van der Waals surface area contributed by atoms with E-state index in [-0.39, 0.29) is 16.7 Å². The van der Waals surface area contributed by atoms with Crippen molar-refractivity contribution in [1.29, 1.82) is 0 Å². The van der Waals surface area contributed by atoms with E-state index in [1.54, 1.807) is 0 Å². The first-order valence-corrected chi connectivity index (χ1v) is 12.9. The summed E-state index contributed by atoms with van der Waals surface area (Å²) in [4.78, 5) is 32.1. The minimum atomic E-state index is -5.69. The SMILES string of the molecule is Cc1cc(C)c(OP(=O)(Oc2c(C)cc(C)cc2[N+](=O)[O-])Oc2c([N+](=O)[O-])cc(C)cc2C(F)(F)F)c([N+](=O)[O-])c1. The average molecular weight is 599 g/mol. The molecule has 0 bridgehead atoms. The maximum atomic E-state index is 14.2. The van der Waals surface area contributed by atoms with Gasteiger partial charge in [-0.15, -0.1) is 0 Å². The van der Waals surface area contributed by atoms with Gasteiger partial charge in [-0.05, 0) is 68.5 Å². The van der Waals surface area contributed by atoms with E-state index in [0.717, 1.165) is 19.1 Å². The standard InChI is InChI=1S/C24H21F3N3O10P/c1-12-6-15(4)21(18(9-12)28(31)32)38-41(37,39-22-16(5)7-13(2)10-19(22)29(33)34)40-23-17(24(25,26)27)8-14(3)11-20(23)30(35)36/h6-11H,1-5H3. The highest BCUT2D eigenvalue weighted by Crippen LogP contribution is 2.57. The number of nitro benzene ring substituents is 3. The summed E-state index contributed by atoms with van der Waals surface area (Å²) in [5.74, 6) is -3.12. The molecule has 218 valence electrons. The van der Waals surface area contributed by atoms with Crippen molar-refractivity contribution in [2.75, 3.05) is 0 Å². The minimum absolute atomic E-state index is 0.0336. The Hall–Kier alpha value is -4.72. The number of benzene rings is 3. The molecule has 0 aliphatic heterocycles. The van der Waals surface area contributed by atoms with Gasteiger partial charge in [0, 0.05) is 18.2 Å². The molecule has 0 aromatic heterocycles. The maximum Gasteiger partial charge on any atom is 0.647 e. The fourth-order valence-corrected chi connectivity index (χ4v) is 5.41. The van der Waals surface area contributed by atoms with Crippen LogP contribution in [0, 0.1) is 65.0 Å². The number of phosphoric ester groups is 1. The predicted octanol–water partition coefficient (Wildman–Crippen LogP) is 7.62. The van der Waals surface area contributed by atoms with Crippen LogP contribution in [0.15, 0.2) is 36.4 Å². The molecule has 0 N–H and O–H groups in total. The van der Waals surface area contributed by atoms with Gasteiger partial charge in [-0.1, -0.05) is 12.1 Å². The first-order valence-electron chi connectivity index (χ1n) is 11.4. The molecular formula is C24H21F3N3O10P. The molecule has 3 aromatic rings. The van der Waals surface area contributed by atoms with Gasteiger partial charge >= 0.3 is 31.1 Å². The fraction of sp³-hybridized carbons (Fsp3) is 0.250. The van der Waals surface area contributed by atoms with Crippen molar-refractivity contribution in [2.45, 2.75) is 40.8 Å². The Bertz CT molecular complexity index is 1570. The summed E-state index contributed by atoms with van der Waals surface area (Å²) in [6.45, 7) is 6.68. The first kappa shape index (κ1) is 30.8. The molecular weight excluding hydrogens is 578 g/mol. The molecule has 3 aromatic carbocycles. The molecule has 17 heteroatoms. The highest BCUT2D eigenvalue weighted by molar-refractivity contribution is 7.49. The fourth-order valence-electron chi connectivity index (χ4n) is 3.96. The van der Waals surface area contributed by atoms with Crippen LogP contribution in [0.2, 0.25) is 0 Å². The van der Waals surface area contributed by atoms with Gasteiger partial charge in [0.05, 0.1) is 14.8 Å². The zero-order valence-corrected chi connectivity index (χ0v) is 22.9. The summed E-state index contributed by atoms with van der Waals surface area (Å²) in [7, 11) is -5.69. The van der Waals surface area contributed by atoms with Crippen LogP contribution < -0.4 is 13.6 Å². The lowest BCUT2D eigenvalue weighted by Gasteiger charge is -2.22. The topological polar surface area (TPSA) is 174 Å². The second-order valence-corrected chi connectivity index (χ2v) is 10.5. The average Bonchev–Trinajstić information content (AvgIpc) is 2.82. The lowest BCUT2D eigenvalue weighted by molar-refractivity contribution is -0.386. The summed E-state index contributed by atoms with van der Waals surface area (Å²) in [6.07, 6.45) is -5.28. The van der Waals surface area contributed by atoms with Crippen LogP contribution in [0.3, 0.4) is 0 Å². The molecule has 0 atom stereocenters. The van der Waals surface area contributed by atoms with Crippen molar-refractivity contribution in [3.05, 3.63) is 100 Å². The highest BCUT2D eigenvalue weighted by Gasteiger charge is 2.46. The molecule has 0 amide bonds. The number of hydrogen-bond acceptors (Lipinski definition) is 10. The lowest BCUT2D eigenvalue weighted by Crippen LogP contribution is -2.15. The van der Waals surface area contributed by atoms with E-state index in [0.29, 0.717) is 23.3 Å². The van der Waals surface area contributed by atoms with E-state index in [9.17, 15) is 48.1 Å². The third kappa shape index (κ3) is 6.72. The van der Waals surface area contributed by atoms with E-state index >= 15 is 0 Å². The monoisotopic (exact) mass is 599 g/mol. The van der Waals surface area contributed by atoms with Crippen LogP contribution in [-0.4, -0.2) is 14.8 Å². The Labute approximate surface area is 229 Å². The third-order valence-corrected chi connectivity index (χ3v) is 6.74. The highest BCUT2D eigenvalue weighted by atomic mass is 31.2. The zero-order chi connectivity index (χ0) is 31.0. The van der Waals surface area contributed by atoms with Crippen molar-refractivity contribution in [1.82, 2.24) is 0 Å². The molecule has 0 aliphatic carbocycles. The Morgan fingerprint density at radius 2 is 0.927 bits per heavy atom. The largest absolute Gasteiger partial charge is 0.647 e. The molecule has 0 radical (unpaired) electrons. The molecule has 0 unspecified atom stereocenters. The molecule has 0 heterocycles. The molecule has 0 spiro atoms. The minimum Gasteiger partial charge on any atom is -0.378 e. The number of alkyl halides is 3. The van der Waals surface area contributed by atoms with Crippen molar-refractivity contribution >= 4 is 24.9 Å². The summed E-state index contributed by atoms with van der Waals surface area (Å²) < 4.78 is 71.9. The van der Waals surface area contributed by atoms with E-state index in [1.807, 2.05) is 0 Å². The van der Waals surface area contributed by atoms with Crippen LogP contribution in [0.25, 0.3) is 0 Å². The van der Waals surface area contributed by atoms with Gasteiger partial charge in [-0.25, -0.2) is 0 Å². The van der Waals surface area contributed by atoms with Crippen LogP contribution >= 0.6 is 7.82 Å². The third-order valence-electron chi connectivity index (χ3n) is 5.52. The molecule has 0 aliphatic rings. The van der Waals surface area contributed by atoms with E-state index in [1.165, 1.54) is 39.8 Å². The number of hydrogen-bond donors (Lipinski definition) is 0. The number of rotatable bonds is 9. The second-order valence-electron chi connectivity index (χ2n) is 9.01. The summed E-state index contributed by atoms with van der Waals surface area (Å²) in [5.41, 5.74) is -4.16. The Kier molecular flexibility index (Phi) is 8.30. The smallest absolute Gasteiger partial charge is 0.378 e. The van der Waals surface area contributed by atoms with E-state index < -0.39 is 68.6 Å². The van der Waals surface area contributed by atoms with Crippen LogP contribution in [-0.2, 0) is 10.7 Å². The van der Waals surface area contributed by atoms with E-state index in [4.69, 9.17) is 13.6 Å². The second kappa shape index (κ2) is 11.0. The Balaban J connectivity index is 2.37. The van der Waals surface area contributed by atoms with Crippen molar-refractivity contribution in [3.8, 4) is 17.2 Å². The molecule has 13 nitrogen and oxygen atoms in total. The van der Waals surface area contributed by atoms with Gasteiger partial charge in [0.2, 0.25) is 17.2 Å². The maximum absolute atomic E-state index is 14.2. The van der Waals surface area contributed by atoms with Crippen LogP contribution in [0.5, 0.6) is 17.2 Å². The summed E-state index contributed by atoms with van der Waals surface area (Å²) in [5, 5.41) is 35.2. The Morgan fingerprint density at radius 3 is 1.27 bits per heavy atom. The van der Waals surface area contributed by atoms with Crippen molar-refractivity contribution < 1.29 is 46.1 Å². The molecule has 0 saturated heterocycles. The van der Waals surface area contributed by atoms with Gasteiger partial charge in [0.1, 0.15) is 5.56 Å². The molecule has 3 rings (SSSR count).